The quantitative estimate of drug-likeness (QED) is 0.183. The molecule has 0 bridgehead atoms. The van der Waals surface area contributed by atoms with Gasteiger partial charge < -0.3 is 37.0 Å². The van der Waals surface area contributed by atoms with E-state index in [9.17, 15) is 29.4 Å². The van der Waals surface area contributed by atoms with Crippen molar-refractivity contribution in [3.8, 4) is 0 Å². The number of aliphatic hydroxyl groups excluding tert-OH is 2. The molecule has 3 amide bonds. The molecule has 0 saturated heterocycles. The second kappa shape index (κ2) is 13.5. The zero-order valence-corrected chi connectivity index (χ0v) is 19.0. The van der Waals surface area contributed by atoms with Crippen molar-refractivity contribution in [2.45, 2.75) is 63.9 Å². The van der Waals surface area contributed by atoms with Gasteiger partial charge in [-0.15, -0.1) is 0 Å². The Bertz CT molecular complexity index is 803. The number of aliphatic hydroxyl groups is 2. The third-order valence-corrected chi connectivity index (χ3v) is 5.29. The molecule has 0 heterocycles. The van der Waals surface area contributed by atoms with Crippen molar-refractivity contribution in [2.75, 3.05) is 6.61 Å². The van der Waals surface area contributed by atoms with Gasteiger partial charge in [-0.1, -0.05) is 50.6 Å². The van der Waals surface area contributed by atoms with E-state index in [1.165, 1.54) is 6.92 Å². The molecule has 0 fully saturated rings. The Morgan fingerprint density at radius 2 is 1.48 bits per heavy atom. The number of aliphatic carboxylic acids is 1. The summed E-state index contributed by atoms with van der Waals surface area (Å²) in [5.41, 5.74) is 6.18. The molecule has 6 unspecified atom stereocenters. The monoisotopic (exact) mass is 466 g/mol. The Balaban J connectivity index is 2.97. The number of carboxylic acid groups (broad SMARTS) is 1. The number of amides is 3. The molecule has 0 saturated carbocycles. The summed E-state index contributed by atoms with van der Waals surface area (Å²) >= 11 is 0. The third kappa shape index (κ3) is 8.79. The molecule has 8 N–H and O–H groups in total. The largest absolute Gasteiger partial charge is 0.480 e. The van der Waals surface area contributed by atoms with Crippen LogP contribution in [-0.4, -0.2) is 75.9 Å². The van der Waals surface area contributed by atoms with Gasteiger partial charge in [-0.3, -0.25) is 14.4 Å². The molecule has 33 heavy (non-hydrogen) atoms. The highest BCUT2D eigenvalue weighted by Gasteiger charge is 2.34. The van der Waals surface area contributed by atoms with Crippen LogP contribution in [0.15, 0.2) is 30.3 Å². The average Bonchev–Trinajstić information content (AvgIpc) is 2.79. The first-order valence-corrected chi connectivity index (χ1v) is 10.7. The summed E-state index contributed by atoms with van der Waals surface area (Å²) in [6, 6.07) is 3.61. The molecular formula is C22H34N4O7. The van der Waals surface area contributed by atoms with E-state index < -0.39 is 60.6 Å². The van der Waals surface area contributed by atoms with Gasteiger partial charge in [-0.25, -0.2) is 4.79 Å². The minimum Gasteiger partial charge on any atom is -0.480 e. The normalized spacial score (nSPS) is 16.4. The highest BCUT2D eigenvalue weighted by molar-refractivity contribution is 5.94. The van der Waals surface area contributed by atoms with Crippen LogP contribution in [0.5, 0.6) is 0 Å². The van der Waals surface area contributed by atoms with Gasteiger partial charge >= 0.3 is 5.97 Å². The van der Waals surface area contributed by atoms with Gasteiger partial charge in [0.25, 0.3) is 0 Å². The Hall–Kier alpha value is -3.02. The number of hydrogen-bond acceptors (Lipinski definition) is 7. The minimum absolute atomic E-state index is 0.00693. The molecule has 0 aliphatic rings. The minimum atomic E-state index is -1.47. The van der Waals surface area contributed by atoms with Gasteiger partial charge in [0.15, 0.2) is 0 Å². The van der Waals surface area contributed by atoms with Gasteiger partial charge in [-0.2, -0.15) is 0 Å². The highest BCUT2D eigenvalue weighted by Crippen LogP contribution is 2.10. The summed E-state index contributed by atoms with van der Waals surface area (Å²) in [5.74, 6) is -4.01. The summed E-state index contributed by atoms with van der Waals surface area (Å²) in [6.45, 7) is 4.16. The van der Waals surface area contributed by atoms with E-state index in [1.54, 1.807) is 44.2 Å². The zero-order chi connectivity index (χ0) is 25.1. The Kier molecular flexibility index (Phi) is 11.5. The zero-order valence-electron chi connectivity index (χ0n) is 19.0. The first kappa shape index (κ1) is 28.0. The molecular weight excluding hydrogens is 432 g/mol. The molecule has 0 aromatic heterocycles. The fraction of sp³-hybridized carbons (Fsp3) is 0.545. The SMILES string of the molecule is CCC(C)C(NC(=O)C(N)CO)C(=O)NC(C(=O)NC(Cc1ccccc1)C(=O)O)C(C)O. The summed E-state index contributed by atoms with van der Waals surface area (Å²) in [4.78, 5) is 49.4. The fourth-order valence-corrected chi connectivity index (χ4v) is 3.00. The topological polar surface area (TPSA) is 191 Å². The van der Waals surface area contributed by atoms with E-state index in [-0.39, 0.29) is 12.3 Å². The van der Waals surface area contributed by atoms with Crippen LogP contribution in [-0.2, 0) is 25.6 Å². The molecule has 1 rings (SSSR count). The number of hydrogen-bond donors (Lipinski definition) is 7. The fourth-order valence-electron chi connectivity index (χ4n) is 3.00. The van der Waals surface area contributed by atoms with Gasteiger partial charge in [0.1, 0.15) is 24.2 Å². The van der Waals surface area contributed by atoms with Crippen molar-refractivity contribution in [2.24, 2.45) is 11.7 Å². The van der Waals surface area contributed by atoms with Gasteiger partial charge in [0.05, 0.1) is 12.7 Å². The molecule has 11 nitrogen and oxygen atoms in total. The second-order valence-electron chi connectivity index (χ2n) is 7.98. The van der Waals surface area contributed by atoms with E-state index in [1.807, 2.05) is 0 Å². The van der Waals surface area contributed by atoms with Crippen LogP contribution in [0.4, 0.5) is 0 Å². The first-order chi connectivity index (χ1) is 15.5. The van der Waals surface area contributed by atoms with E-state index in [4.69, 9.17) is 10.8 Å². The molecule has 0 aliphatic carbocycles. The molecule has 1 aromatic rings. The number of carbonyl (C=O) groups is 4. The van der Waals surface area contributed by atoms with Crippen LogP contribution in [0.2, 0.25) is 0 Å². The first-order valence-electron chi connectivity index (χ1n) is 10.7. The molecule has 11 heteroatoms. The molecule has 0 spiro atoms. The van der Waals surface area contributed by atoms with Crippen LogP contribution < -0.4 is 21.7 Å². The number of carboxylic acids is 1. The Morgan fingerprint density at radius 1 is 0.939 bits per heavy atom. The molecule has 6 atom stereocenters. The van der Waals surface area contributed by atoms with Crippen LogP contribution in [0.1, 0.15) is 32.8 Å². The smallest absolute Gasteiger partial charge is 0.326 e. The molecule has 0 radical (unpaired) electrons. The third-order valence-electron chi connectivity index (χ3n) is 5.29. The van der Waals surface area contributed by atoms with Crippen molar-refractivity contribution in [3.63, 3.8) is 0 Å². The maximum Gasteiger partial charge on any atom is 0.326 e. The molecule has 0 aliphatic heterocycles. The standard InChI is InChI=1S/C22H34N4O7/c1-4-12(2)17(25-19(29)15(23)11-27)20(30)26-18(13(3)28)21(31)24-16(22(32)33)10-14-8-6-5-7-9-14/h5-9,12-13,15-18,27-28H,4,10-11,23H2,1-3H3,(H,24,31)(H,25,29)(H,26,30)(H,32,33). The van der Waals surface area contributed by atoms with E-state index >= 15 is 0 Å². The maximum absolute atomic E-state index is 12.9. The summed E-state index contributed by atoms with van der Waals surface area (Å²) in [7, 11) is 0. The Labute approximate surface area is 192 Å². The van der Waals surface area contributed by atoms with Crippen molar-refractivity contribution in [1.82, 2.24) is 16.0 Å². The predicted molar refractivity (Wildman–Crippen MR) is 120 cm³/mol. The van der Waals surface area contributed by atoms with Crippen molar-refractivity contribution < 1.29 is 34.5 Å². The van der Waals surface area contributed by atoms with E-state index in [0.717, 1.165) is 0 Å². The number of benzene rings is 1. The van der Waals surface area contributed by atoms with Crippen LogP contribution in [0.25, 0.3) is 0 Å². The summed E-state index contributed by atoms with van der Waals surface area (Å²) in [6.07, 6.45) is -0.850. The number of rotatable bonds is 13. The lowest BCUT2D eigenvalue weighted by molar-refractivity contribution is -0.143. The van der Waals surface area contributed by atoms with Crippen LogP contribution >= 0.6 is 0 Å². The van der Waals surface area contributed by atoms with Crippen molar-refractivity contribution in [3.05, 3.63) is 35.9 Å². The second-order valence-corrected chi connectivity index (χ2v) is 7.98. The lowest BCUT2D eigenvalue weighted by Gasteiger charge is -2.28. The lowest BCUT2D eigenvalue weighted by atomic mass is 9.97. The average molecular weight is 467 g/mol. The Morgan fingerprint density at radius 3 is 1.97 bits per heavy atom. The van der Waals surface area contributed by atoms with Gasteiger partial charge in [0.2, 0.25) is 17.7 Å². The van der Waals surface area contributed by atoms with Gasteiger partial charge in [-0.05, 0) is 18.4 Å². The van der Waals surface area contributed by atoms with Crippen molar-refractivity contribution >= 4 is 23.7 Å². The lowest BCUT2D eigenvalue weighted by Crippen LogP contribution is -2.61. The summed E-state index contributed by atoms with van der Waals surface area (Å²) in [5, 5.41) is 35.8. The summed E-state index contributed by atoms with van der Waals surface area (Å²) < 4.78 is 0. The van der Waals surface area contributed by atoms with E-state index in [0.29, 0.717) is 12.0 Å². The number of carbonyl (C=O) groups excluding carboxylic acids is 3. The van der Waals surface area contributed by atoms with Crippen molar-refractivity contribution in [1.29, 1.82) is 0 Å². The van der Waals surface area contributed by atoms with E-state index in [2.05, 4.69) is 16.0 Å². The predicted octanol–water partition coefficient (Wildman–Crippen LogP) is -1.49. The van der Waals surface area contributed by atoms with Crippen LogP contribution in [0, 0.1) is 5.92 Å². The highest BCUT2D eigenvalue weighted by atomic mass is 16.4. The van der Waals surface area contributed by atoms with Crippen LogP contribution in [0.3, 0.4) is 0 Å². The molecule has 184 valence electrons. The van der Waals surface area contributed by atoms with Gasteiger partial charge in [0, 0.05) is 6.42 Å². The maximum atomic E-state index is 12.9. The number of nitrogens with two attached hydrogens (primary N) is 1. The number of nitrogens with one attached hydrogen (secondary N) is 3. The molecule has 1 aromatic carbocycles.